The first kappa shape index (κ1) is 26.8. The minimum absolute atomic E-state index is 0.0668. The molecular weight excluding hydrogens is 472 g/mol. The molecule has 0 unspecified atom stereocenters. The van der Waals surface area contributed by atoms with Crippen molar-refractivity contribution < 1.29 is 37.9 Å². The molecule has 12 heteroatoms. The number of Topliss-reactive ketones (excluding diaryl/α,β-unsaturated/α-hetero) is 1. The molecule has 3 N–H and O–H groups in total. The van der Waals surface area contributed by atoms with Crippen molar-refractivity contribution in [2.45, 2.75) is 38.0 Å². The molecule has 1 fully saturated rings. The zero-order chi connectivity index (χ0) is 26.1. The molecule has 0 aliphatic carbocycles. The number of carbonyl (C=O) groups excluding carboxylic acids is 4. The van der Waals surface area contributed by atoms with E-state index < -0.39 is 42.0 Å². The topological polar surface area (TPSA) is 161 Å². The monoisotopic (exact) mass is 502 g/mol. The third kappa shape index (κ3) is 7.36. The number of rotatable bonds is 14. The van der Waals surface area contributed by atoms with Crippen LogP contribution in [-0.2, 0) is 30.3 Å². The smallest absolute Gasteiger partial charge is 0.311 e. The van der Waals surface area contributed by atoms with E-state index in [2.05, 4.69) is 21.1 Å². The molecule has 1 aliphatic rings. The molecule has 1 saturated heterocycles. The second-order valence-electron chi connectivity index (χ2n) is 8.36. The van der Waals surface area contributed by atoms with Crippen LogP contribution in [0.25, 0.3) is 0 Å². The number of methoxy groups -OCH3 is 1. The minimum atomic E-state index is -1.11. The number of amides is 3. The second kappa shape index (κ2) is 12.3. The Labute approximate surface area is 208 Å². The first-order valence-electron chi connectivity index (χ1n) is 11.4. The van der Waals surface area contributed by atoms with Crippen molar-refractivity contribution in [3.8, 4) is 5.95 Å². The summed E-state index contributed by atoms with van der Waals surface area (Å²) >= 11 is 0. The van der Waals surface area contributed by atoms with Crippen molar-refractivity contribution in [2.24, 2.45) is 0 Å². The highest BCUT2D eigenvalue weighted by molar-refractivity contribution is 5.98. The third-order valence-electron chi connectivity index (χ3n) is 5.42. The van der Waals surface area contributed by atoms with Crippen molar-refractivity contribution in [1.82, 2.24) is 21.1 Å². The van der Waals surface area contributed by atoms with Crippen molar-refractivity contribution in [3.05, 3.63) is 47.7 Å². The average Bonchev–Trinajstić information content (AvgIpc) is 3.44. The van der Waals surface area contributed by atoms with Crippen LogP contribution in [0.3, 0.4) is 0 Å². The Hall–Kier alpha value is -3.77. The molecule has 1 aromatic heterocycles. The Morgan fingerprint density at radius 3 is 2.50 bits per heavy atom. The molecule has 2 aromatic rings. The molecular formula is C24H30N4O8. The van der Waals surface area contributed by atoms with Crippen molar-refractivity contribution in [1.29, 1.82) is 0 Å². The van der Waals surface area contributed by atoms with E-state index in [1.807, 2.05) is 30.3 Å². The van der Waals surface area contributed by atoms with Gasteiger partial charge in [0.2, 0.25) is 11.8 Å². The number of carbonyl (C=O) groups is 4. The highest BCUT2D eigenvalue weighted by Gasteiger charge is 2.50. The van der Waals surface area contributed by atoms with E-state index in [0.717, 1.165) is 5.56 Å². The highest BCUT2D eigenvalue weighted by Crippen LogP contribution is 2.29. The van der Waals surface area contributed by atoms with E-state index in [1.165, 1.54) is 13.2 Å². The zero-order valence-corrected chi connectivity index (χ0v) is 20.4. The summed E-state index contributed by atoms with van der Waals surface area (Å²) in [5, 5.41) is 11.2. The van der Waals surface area contributed by atoms with Gasteiger partial charge < -0.3 is 34.7 Å². The number of nitrogens with zero attached hydrogens (tertiary/aromatic N) is 1. The molecule has 3 rings (SSSR count). The van der Waals surface area contributed by atoms with E-state index in [9.17, 15) is 19.2 Å². The molecule has 194 valence electrons. The lowest BCUT2D eigenvalue weighted by Gasteiger charge is -2.21. The Balaban J connectivity index is 1.56. The van der Waals surface area contributed by atoms with Gasteiger partial charge in [0.25, 0.3) is 5.91 Å². The fourth-order valence-electron chi connectivity index (χ4n) is 3.37. The Kier molecular flexibility index (Phi) is 9.14. The maximum absolute atomic E-state index is 12.9. The van der Waals surface area contributed by atoms with Crippen LogP contribution < -0.4 is 20.7 Å². The highest BCUT2D eigenvalue weighted by atomic mass is 16.6. The minimum Gasteiger partial charge on any atom is -0.464 e. The molecule has 3 amide bonds. The van der Waals surface area contributed by atoms with Gasteiger partial charge in [-0.15, -0.1) is 0 Å². The summed E-state index contributed by atoms with van der Waals surface area (Å²) in [7, 11) is 1.36. The van der Waals surface area contributed by atoms with Gasteiger partial charge in [-0.1, -0.05) is 35.5 Å². The van der Waals surface area contributed by atoms with Crippen LogP contribution in [0.1, 0.15) is 29.9 Å². The van der Waals surface area contributed by atoms with Gasteiger partial charge in [-0.05, 0) is 25.8 Å². The molecule has 0 saturated carbocycles. The fourth-order valence-corrected chi connectivity index (χ4v) is 3.37. The van der Waals surface area contributed by atoms with Gasteiger partial charge in [-0.3, -0.25) is 19.2 Å². The maximum atomic E-state index is 12.9. The number of ketones is 1. The lowest BCUT2D eigenvalue weighted by molar-refractivity contribution is -0.131. The molecule has 0 spiro atoms. The predicted molar refractivity (Wildman–Crippen MR) is 125 cm³/mol. The predicted octanol–water partition coefficient (Wildman–Crippen LogP) is 0.0198. The summed E-state index contributed by atoms with van der Waals surface area (Å²) in [6.07, 6.45) is 0.280. The van der Waals surface area contributed by atoms with Crippen molar-refractivity contribution >= 4 is 23.5 Å². The van der Waals surface area contributed by atoms with Gasteiger partial charge in [0.15, 0.2) is 11.5 Å². The van der Waals surface area contributed by atoms with Gasteiger partial charge in [0, 0.05) is 7.11 Å². The molecule has 1 aromatic carbocycles. The fraction of sp³-hybridized carbons (Fsp3) is 0.458. The van der Waals surface area contributed by atoms with Gasteiger partial charge in [0.05, 0.1) is 38.5 Å². The molecule has 12 nitrogen and oxygen atoms in total. The Morgan fingerprint density at radius 2 is 1.86 bits per heavy atom. The molecule has 2 heterocycles. The molecule has 36 heavy (non-hydrogen) atoms. The SMILES string of the molecule is CCOc1cc(C(=O)N[C@@H](COC)C(=O)NCC(=O)N[C@@H](Cc2ccccc2)C(=O)[C@@]2(C)CO2)no1. The average molecular weight is 503 g/mol. The van der Waals surface area contributed by atoms with Gasteiger partial charge in [-0.25, -0.2) is 0 Å². The molecule has 0 bridgehead atoms. The van der Waals surface area contributed by atoms with Gasteiger partial charge >= 0.3 is 5.95 Å². The summed E-state index contributed by atoms with van der Waals surface area (Å²) in [6, 6.07) is 8.61. The quantitative estimate of drug-likeness (QED) is 0.302. The maximum Gasteiger partial charge on any atom is 0.311 e. The van der Waals surface area contributed by atoms with Crippen LogP contribution in [0.4, 0.5) is 0 Å². The number of aromatic nitrogens is 1. The summed E-state index contributed by atoms with van der Waals surface area (Å²) in [5.74, 6) is -2.08. The number of hydrogen-bond donors (Lipinski definition) is 3. The lowest BCUT2D eigenvalue weighted by atomic mass is 9.95. The molecule has 3 atom stereocenters. The van der Waals surface area contributed by atoms with E-state index in [-0.39, 0.29) is 30.5 Å². The normalized spacial score (nSPS) is 18.0. The Bertz CT molecular complexity index is 1070. The summed E-state index contributed by atoms with van der Waals surface area (Å²) in [6.45, 7) is 3.48. The van der Waals surface area contributed by atoms with Crippen molar-refractivity contribution in [2.75, 3.05) is 33.5 Å². The number of benzene rings is 1. The zero-order valence-electron chi connectivity index (χ0n) is 20.4. The molecule has 1 aliphatic heterocycles. The number of epoxide rings is 1. The van der Waals surface area contributed by atoms with Crippen LogP contribution in [-0.4, -0.2) is 79.8 Å². The summed E-state index contributed by atoms with van der Waals surface area (Å²) in [4.78, 5) is 50.6. The van der Waals surface area contributed by atoms with E-state index in [0.29, 0.717) is 13.2 Å². The lowest BCUT2D eigenvalue weighted by Crippen LogP contribution is -2.53. The second-order valence-corrected chi connectivity index (χ2v) is 8.36. The number of nitrogens with one attached hydrogen (secondary N) is 3. The first-order chi connectivity index (χ1) is 17.3. The standard InChI is InChI=1S/C24H30N4O8/c1-4-34-20-11-17(28-36-20)23(32)27-18(13-33-3)22(31)25-12-19(29)26-16(21(30)24(2)14-35-24)10-15-8-6-5-7-9-15/h5-9,11,16,18H,4,10,12-14H2,1-3H3,(H,25,31)(H,26,29)(H,27,32)/t16-,18-,24+/m0/s1. The van der Waals surface area contributed by atoms with E-state index in [4.69, 9.17) is 18.7 Å². The summed E-state index contributed by atoms with van der Waals surface area (Å²) < 4.78 is 20.3. The summed E-state index contributed by atoms with van der Waals surface area (Å²) in [5.41, 5.74) is -0.136. The Morgan fingerprint density at radius 1 is 1.14 bits per heavy atom. The number of hydrogen-bond acceptors (Lipinski definition) is 9. The van der Waals surface area contributed by atoms with Crippen LogP contribution in [0.5, 0.6) is 5.95 Å². The molecule has 0 radical (unpaired) electrons. The van der Waals surface area contributed by atoms with E-state index >= 15 is 0 Å². The first-order valence-corrected chi connectivity index (χ1v) is 11.4. The van der Waals surface area contributed by atoms with Crippen LogP contribution in [0.15, 0.2) is 40.9 Å². The van der Waals surface area contributed by atoms with Crippen LogP contribution >= 0.6 is 0 Å². The van der Waals surface area contributed by atoms with E-state index in [1.54, 1.807) is 13.8 Å². The largest absolute Gasteiger partial charge is 0.464 e. The third-order valence-corrected chi connectivity index (χ3v) is 5.42. The van der Waals surface area contributed by atoms with Gasteiger partial charge in [-0.2, -0.15) is 0 Å². The van der Waals surface area contributed by atoms with Crippen LogP contribution in [0, 0.1) is 0 Å². The number of ether oxygens (including phenoxy) is 3. The van der Waals surface area contributed by atoms with Crippen molar-refractivity contribution in [3.63, 3.8) is 0 Å². The van der Waals surface area contributed by atoms with Crippen LogP contribution in [0.2, 0.25) is 0 Å². The van der Waals surface area contributed by atoms with Gasteiger partial charge in [0.1, 0.15) is 11.6 Å².